The van der Waals surface area contributed by atoms with Gasteiger partial charge in [0, 0.05) is 11.6 Å². The summed E-state index contributed by atoms with van der Waals surface area (Å²) in [5, 5.41) is 0. The van der Waals surface area contributed by atoms with Crippen molar-refractivity contribution in [3.05, 3.63) is 65.2 Å². The van der Waals surface area contributed by atoms with Crippen molar-refractivity contribution >= 4 is 0 Å². The molecule has 0 bridgehead atoms. The lowest BCUT2D eigenvalue weighted by Crippen LogP contribution is -2.15. The molecule has 2 heteroatoms. The van der Waals surface area contributed by atoms with Crippen LogP contribution in [0, 0.1) is 12.8 Å². The molecule has 3 atom stereocenters. The minimum absolute atomic E-state index is 0.0525. The summed E-state index contributed by atoms with van der Waals surface area (Å²) in [4.78, 5) is 0. The zero-order valence-electron chi connectivity index (χ0n) is 12.8. The molecule has 3 rings (SSSR count). The number of benzene rings is 2. The smallest absolute Gasteiger partial charge is 0.124 e. The first kappa shape index (κ1) is 14.2. The van der Waals surface area contributed by atoms with Crippen LogP contribution in [0.2, 0.25) is 0 Å². The molecule has 0 radical (unpaired) electrons. The third-order valence-electron chi connectivity index (χ3n) is 4.35. The van der Waals surface area contributed by atoms with E-state index < -0.39 is 0 Å². The topological polar surface area (TPSA) is 35.2 Å². The fourth-order valence-corrected chi connectivity index (χ4v) is 3.14. The summed E-state index contributed by atoms with van der Waals surface area (Å²) >= 11 is 0. The molecule has 2 aromatic carbocycles. The minimum Gasteiger partial charge on any atom is -0.494 e. The summed E-state index contributed by atoms with van der Waals surface area (Å²) < 4.78 is 5.75. The van der Waals surface area contributed by atoms with E-state index in [2.05, 4.69) is 49.4 Å². The van der Waals surface area contributed by atoms with Gasteiger partial charge in [-0.15, -0.1) is 0 Å². The first-order valence-corrected chi connectivity index (χ1v) is 7.74. The first-order valence-electron chi connectivity index (χ1n) is 7.74. The lowest BCUT2D eigenvalue weighted by molar-refractivity contribution is 0.332. The van der Waals surface area contributed by atoms with Crippen molar-refractivity contribution in [2.24, 2.45) is 11.7 Å². The number of nitrogens with two attached hydrogens (primary N) is 1. The van der Waals surface area contributed by atoms with Crippen LogP contribution >= 0.6 is 0 Å². The number of aryl methyl sites for hydroxylation is 1. The van der Waals surface area contributed by atoms with Gasteiger partial charge in [0.25, 0.3) is 0 Å². The average Bonchev–Trinajstić information content (AvgIpc) is 3.30. The van der Waals surface area contributed by atoms with Gasteiger partial charge < -0.3 is 10.5 Å². The Morgan fingerprint density at radius 1 is 1.19 bits per heavy atom. The number of hydrogen-bond donors (Lipinski definition) is 1. The maximum absolute atomic E-state index is 6.55. The van der Waals surface area contributed by atoms with Crippen LogP contribution in [0.25, 0.3) is 0 Å². The molecule has 1 saturated carbocycles. The zero-order valence-corrected chi connectivity index (χ0v) is 12.8. The van der Waals surface area contributed by atoms with Gasteiger partial charge >= 0.3 is 0 Å². The molecule has 2 nitrogen and oxygen atoms in total. The predicted octanol–water partition coefficient (Wildman–Crippen LogP) is 4.20. The summed E-state index contributed by atoms with van der Waals surface area (Å²) in [6, 6.07) is 17.1. The molecule has 21 heavy (non-hydrogen) atoms. The Bertz CT molecular complexity index is 608. The second-order valence-electron chi connectivity index (χ2n) is 5.92. The van der Waals surface area contributed by atoms with Gasteiger partial charge in [-0.3, -0.25) is 0 Å². The Morgan fingerprint density at radius 3 is 2.67 bits per heavy atom. The van der Waals surface area contributed by atoms with E-state index in [0.717, 1.165) is 11.3 Å². The molecule has 1 fully saturated rings. The summed E-state index contributed by atoms with van der Waals surface area (Å²) in [6.07, 6.45) is 1.17. The SMILES string of the molecule is CCOc1ccc(C)cc1C(N)C1CC1c1ccccc1. The van der Waals surface area contributed by atoms with E-state index in [0.29, 0.717) is 18.4 Å². The molecule has 1 aliphatic rings. The van der Waals surface area contributed by atoms with Crippen molar-refractivity contribution < 1.29 is 4.74 Å². The van der Waals surface area contributed by atoms with E-state index in [9.17, 15) is 0 Å². The highest BCUT2D eigenvalue weighted by Crippen LogP contribution is 2.54. The van der Waals surface area contributed by atoms with E-state index in [4.69, 9.17) is 10.5 Å². The summed E-state index contributed by atoms with van der Waals surface area (Å²) in [5.74, 6) is 2.05. The Morgan fingerprint density at radius 2 is 1.95 bits per heavy atom. The lowest BCUT2D eigenvalue weighted by Gasteiger charge is -2.17. The van der Waals surface area contributed by atoms with Crippen LogP contribution in [-0.2, 0) is 0 Å². The van der Waals surface area contributed by atoms with Gasteiger partial charge in [-0.25, -0.2) is 0 Å². The van der Waals surface area contributed by atoms with E-state index in [-0.39, 0.29) is 6.04 Å². The molecule has 0 amide bonds. The van der Waals surface area contributed by atoms with Crippen LogP contribution in [0.15, 0.2) is 48.5 Å². The standard InChI is InChI=1S/C19H23NO/c1-3-21-18-10-9-13(2)11-17(18)19(20)16-12-15(16)14-7-5-4-6-8-14/h4-11,15-16,19H,3,12,20H2,1-2H3. The van der Waals surface area contributed by atoms with Crippen LogP contribution in [0.3, 0.4) is 0 Å². The lowest BCUT2D eigenvalue weighted by atomic mass is 9.97. The minimum atomic E-state index is 0.0525. The molecule has 0 spiro atoms. The third-order valence-corrected chi connectivity index (χ3v) is 4.35. The molecule has 2 N–H and O–H groups in total. The highest BCUT2D eigenvalue weighted by atomic mass is 16.5. The van der Waals surface area contributed by atoms with Crippen molar-refractivity contribution in [3.8, 4) is 5.75 Å². The molecular weight excluding hydrogens is 258 g/mol. The molecule has 0 saturated heterocycles. The van der Waals surface area contributed by atoms with Crippen molar-refractivity contribution in [1.29, 1.82) is 0 Å². The van der Waals surface area contributed by atoms with Gasteiger partial charge in [-0.1, -0.05) is 48.0 Å². The Hall–Kier alpha value is -1.80. The molecule has 110 valence electrons. The number of rotatable bonds is 5. The maximum atomic E-state index is 6.55. The Kier molecular flexibility index (Phi) is 3.98. The fourth-order valence-electron chi connectivity index (χ4n) is 3.14. The van der Waals surface area contributed by atoms with Crippen molar-refractivity contribution in [2.45, 2.75) is 32.2 Å². The van der Waals surface area contributed by atoms with Gasteiger partial charge in [0.1, 0.15) is 5.75 Å². The van der Waals surface area contributed by atoms with E-state index in [1.54, 1.807) is 0 Å². The van der Waals surface area contributed by atoms with Gasteiger partial charge in [-0.2, -0.15) is 0 Å². The molecular formula is C19H23NO. The monoisotopic (exact) mass is 281 g/mol. The van der Waals surface area contributed by atoms with Crippen LogP contribution < -0.4 is 10.5 Å². The van der Waals surface area contributed by atoms with Crippen molar-refractivity contribution in [3.63, 3.8) is 0 Å². The van der Waals surface area contributed by atoms with Gasteiger partial charge in [0.05, 0.1) is 6.61 Å². The van der Waals surface area contributed by atoms with Gasteiger partial charge in [-0.05, 0) is 43.7 Å². The van der Waals surface area contributed by atoms with E-state index >= 15 is 0 Å². The van der Waals surface area contributed by atoms with Crippen LogP contribution in [0.4, 0.5) is 0 Å². The average molecular weight is 281 g/mol. The van der Waals surface area contributed by atoms with Gasteiger partial charge in [0.2, 0.25) is 0 Å². The van der Waals surface area contributed by atoms with Crippen molar-refractivity contribution in [1.82, 2.24) is 0 Å². The largest absolute Gasteiger partial charge is 0.494 e. The highest BCUT2D eigenvalue weighted by Gasteiger charge is 2.43. The van der Waals surface area contributed by atoms with Crippen LogP contribution in [0.5, 0.6) is 5.75 Å². The summed E-state index contributed by atoms with van der Waals surface area (Å²) in [7, 11) is 0. The summed E-state index contributed by atoms with van der Waals surface area (Å²) in [6.45, 7) is 4.79. The van der Waals surface area contributed by atoms with E-state index in [1.165, 1.54) is 17.5 Å². The molecule has 2 aromatic rings. The normalized spacial score (nSPS) is 21.9. The molecule has 3 unspecified atom stereocenters. The quantitative estimate of drug-likeness (QED) is 0.891. The van der Waals surface area contributed by atoms with Crippen LogP contribution in [0.1, 0.15) is 42.0 Å². The number of ether oxygens (including phenoxy) is 1. The maximum Gasteiger partial charge on any atom is 0.124 e. The fraction of sp³-hybridized carbons (Fsp3) is 0.368. The zero-order chi connectivity index (χ0) is 14.8. The highest BCUT2D eigenvalue weighted by molar-refractivity contribution is 5.41. The van der Waals surface area contributed by atoms with E-state index in [1.807, 2.05) is 13.0 Å². The molecule has 1 aliphatic carbocycles. The molecule has 0 aromatic heterocycles. The van der Waals surface area contributed by atoms with Crippen molar-refractivity contribution in [2.75, 3.05) is 6.61 Å². The summed E-state index contributed by atoms with van der Waals surface area (Å²) in [5.41, 5.74) is 10.3. The second kappa shape index (κ2) is 5.90. The molecule has 0 heterocycles. The Labute approximate surface area is 126 Å². The van der Waals surface area contributed by atoms with Gasteiger partial charge in [0.15, 0.2) is 0 Å². The first-order chi connectivity index (χ1) is 10.2. The number of hydrogen-bond acceptors (Lipinski definition) is 2. The predicted molar refractivity (Wildman–Crippen MR) is 86.6 cm³/mol. The van der Waals surface area contributed by atoms with Crippen LogP contribution in [-0.4, -0.2) is 6.61 Å². The second-order valence-corrected chi connectivity index (χ2v) is 5.92. The molecule has 0 aliphatic heterocycles. The third kappa shape index (κ3) is 2.96. The Balaban J connectivity index is 1.80.